The van der Waals surface area contributed by atoms with Gasteiger partial charge in [-0.05, 0) is 38.0 Å². The highest BCUT2D eigenvalue weighted by molar-refractivity contribution is 5.75. The van der Waals surface area contributed by atoms with Gasteiger partial charge >= 0.3 is 0 Å². The predicted octanol–water partition coefficient (Wildman–Crippen LogP) is 1.43. The number of amides is 1. The van der Waals surface area contributed by atoms with E-state index in [1.54, 1.807) is 0 Å². The van der Waals surface area contributed by atoms with Crippen LogP contribution in [0.4, 0.5) is 0 Å². The lowest BCUT2D eigenvalue weighted by atomic mass is 9.92. The third-order valence-electron chi connectivity index (χ3n) is 3.64. The molecule has 2 aliphatic rings. The Bertz CT molecular complexity index is 218. The second-order valence-electron chi connectivity index (χ2n) is 5.03. The Kier molecular flexibility index (Phi) is 3.62. The summed E-state index contributed by atoms with van der Waals surface area (Å²) in [6.07, 6.45) is 6.81. The second-order valence-corrected chi connectivity index (χ2v) is 5.03. The molecule has 1 unspecified atom stereocenters. The third-order valence-corrected chi connectivity index (χ3v) is 3.64. The Labute approximate surface area is 92.0 Å². The van der Waals surface area contributed by atoms with Crippen molar-refractivity contribution in [1.29, 1.82) is 0 Å². The van der Waals surface area contributed by atoms with E-state index < -0.39 is 0 Å². The van der Waals surface area contributed by atoms with Crippen molar-refractivity contribution in [3.05, 3.63) is 0 Å². The number of fused-ring (bicyclic) bond motifs is 2. The molecule has 0 aromatic rings. The summed E-state index contributed by atoms with van der Waals surface area (Å²) in [6, 6.07) is 1.47. The highest BCUT2D eigenvalue weighted by Crippen LogP contribution is 2.30. The van der Waals surface area contributed by atoms with Crippen LogP contribution in [0.25, 0.3) is 0 Å². The molecule has 3 atom stereocenters. The Hall–Kier alpha value is -0.570. The van der Waals surface area contributed by atoms with Crippen molar-refractivity contribution in [1.82, 2.24) is 10.6 Å². The van der Waals surface area contributed by atoms with Crippen LogP contribution in [0, 0.1) is 5.92 Å². The van der Waals surface area contributed by atoms with E-state index in [4.69, 9.17) is 0 Å². The molecule has 0 radical (unpaired) electrons. The van der Waals surface area contributed by atoms with Crippen LogP contribution >= 0.6 is 0 Å². The van der Waals surface area contributed by atoms with Gasteiger partial charge in [-0.1, -0.05) is 6.92 Å². The Morgan fingerprint density at radius 3 is 2.60 bits per heavy atom. The van der Waals surface area contributed by atoms with E-state index in [2.05, 4.69) is 10.6 Å². The van der Waals surface area contributed by atoms with E-state index in [1.165, 1.54) is 25.7 Å². The molecule has 0 spiro atoms. The van der Waals surface area contributed by atoms with Gasteiger partial charge in [0.1, 0.15) is 0 Å². The quantitative estimate of drug-likeness (QED) is 0.737. The fourth-order valence-electron chi connectivity index (χ4n) is 2.92. The van der Waals surface area contributed by atoms with Crippen molar-refractivity contribution in [3.63, 3.8) is 0 Å². The van der Waals surface area contributed by atoms with Crippen molar-refractivity contribution in [2.75, 3.05) is 6.54 Å². The lowest BCUT2D eigenvalue weighted by Gasteiger charge is -2.29. The second kappa shape index (κ2) is 4.97. The van der Waals surface area contributed by atoms with E-state index in [0.29, 0.717) is 12.3 Å². The SMILES string of the molecule is CCCC(=O)NCC1C[C@H]2CC[C@@H](C1)N2. The van der Waals surface area contributed by atoms with Crippen molar-refractivity contribution in [2.45, 2.75) is 57.5 Å². The molecule has 86 valence electrons. The van der Waals surface area contributed by atoms with Crippen LogP contribution in [0.1, 0.15) is 45.4 Å². The van der Waals surface area contributed by atoms with Crippen molar-refractivity contribution >= 4 is 5.91 Å². The minimum Gasteiger partial charge on any atom is -0.356 e. The molecule has 2 bridgehead atoms. The molecule has 3 nitrogen and oxygen atoms in total. The molecule has 2 heterocycles. The first-order valence-electron chi connectivity index (χ1n) is 6.30. The van der Waals surface area contributed by atoms with Crippen LogP contribution in [0.5, 0.6) is 0 Å². The lowest BCUT2D eigenvalue weighted by molar-refractivity contribution is -0.121. The third kappa shape index (κ3) is 2.94. The van der Waals surface area contributed by atoms with Gasteiger partial charge in [-0.2, -0.15) is 0 Å². The van der Waals surface area contributed by atoms with Gasteiger partial charge in [0.2, 0.25) is 5.91 Å². The number of hydrogen-bond acceptors (Lipinski definition) is 2. The average Bonchev–Trinajstić information content (AvgIpc) is 2.56. The fourth-order valence-corrected chi connectivity index (χ4v) is 2.92. The number of nitrogens with one attached hydrogen (secondary N) is 2. The standard InChI is InChI=1S/C12H22N2O/c1-2-3-12(15)13-8-9-6-10-4-5-11(7-9)14-10/h9-11,14H,2-8H2,1H3,(H,13,15)/t9?,10-,11+. The van der Waals surface area contributed by atoms with Gasteiger partial charge in [0.05, 0.1) is 0 Å². The van der Waals surface area contributed by atoms with Crippen molar-refractivity contribution < 1.29 is 4.79 Å². The number of carbonyl (C=O) groups excluding carboxylic acids is 1. The van der Waals surface area contributed by atoms with Crippen molar-refractivity contribution in [2.24, 2.45) is 5.92 Å². The fraction of sp³-hybridized carbons (Fsp3) is 0.917. The number of hydrogen-bond donors (Lipinski definition) is 2. The molecule has 15 heavy (non-hydrogen) atoms. The summed E-state index contributed by atoms with van der Waals surface area (Å²) in [5.74, 6) is 0.938. The molecule has 2 rings (SSSR count). The van der Waals surface area contributed by atoms with Gasteiger partial charge < -0.3 is 10.6 Å². The van der Waals surface area contributed by atoms with Gasteiger partial charge in [-0.25, -0.2) is 0 Å². The maximum absolute atomic E-state index is 11.3. The first kappa shape index (κ1) is 10.9. The molecule has 0 aromatic heterocycles. The highest BCUT2D eigenvalue weighted by Gasteiger charge is 2.33. The maximum atomic E-state index is 11.3. The highest BCUT2D eigenvalue weighted by atomic mass is 16.1. The molecule has 2 fully saturated rings. The van der Waals surface area contributed by atoms with Crippen LogP contribution in [0.15, 0.2) is 0 Å². The molecule has 2 aliphatic heterocycles. The first-order chi connectivity index (χ1) is 7.28. The lowest BCUT2D eigenvalue weighted by Crippen LogP contribution is -2.42. The summed E-state index contributed by atoms with van der Waals surface area (Å²) >= 11 is 0. The molecular formula is C12H22N2O. The van der Waals surface area contributed by atoms with Gasteiger partial charge in [-0.3, -0.25) is 4.79 Å². The van der Waals surface area contributed by atoms with Crippen molar-refractivity contribution in [3.8, 4) is 0 Å². The van der Waals surface area contributed by atoms with Crippen LogP contribution in [-0.4, -0.2) is 24.5 Å². The summed E-state index contributed by atoms with van der Waals surface area (Å²) in [7, 11) is 0. The molecule has 3 heteroatoms. The van der Waals surface area contributed by atoms with Crippen LogP contribution in [-0.2, 0) is 4.79 Å². The van der Waals surface area contributed by atoms with E-state index in [-0.39, 0.29) is 5.91 Å². The average molecular weight is 210 g/mol. The van der Waals surface area contributed by atoms with E-state index in [0.717, 1.165) is 25.0 Å². The normalized spacial score (nSPS) is 34.1. The zero-order valence-electron chi connectivity index (χ0n) is 9.59. The minimum atomic E-state index is 0.225. The molecule has 0 saturated carbocycles. The number of carbonyl (C=O) groups is 1. The minimum absolute atomic E-state index is 0.225. The maximum Gasteiger partial charge on any atom is 0.219 e. The molecular weight excluding hydrogens is 188 g/mol. The van der Waals surface area contributed by atoms with Gasteiger partial charge in [0.15, 0.2) is 0 Å². The predicted molar refractivity (Wildman–Crippen MR) is 60.6 cm³/mol. The smallest absolute Gasteiger partial charge is 0.219 e. The van der Waals surface area contributed by atoms with Crippen LogP contribution < -0.4 is 10.6 Å². The molecule has 1 amide bonds. The molecule has 0 aromatic carbocycles. The Morgan fingerprint density at radius 2 is 2.00 bits per heavy atom. The zero-order chi connectivity index (χ0) is 10.7. The van der Waals surface area contributed by atoms with Gasteiger partial charge in [0, 0.05) is 25.0 Å². The summed E-state index contributed by atoms with van der Waals surface area (Å²) in [6.45, 7) is 2.94. The topological polar surface area (TPSA) is 41.1 Å². The number of piperidine rings is 1. The summed E-state index contributed by atoms with van der Waals surface area (Å²) < 4.78 is 0. The van der Waals surface area contributed by atoms with Crippen LogP contribution in [0.3, 0.4) is 0 Å². The molecule has 2 saturated heterocycles. The van der Waals surface area contributed by atoms with E-state index in [1.807, 2.05) is 6.92 Å². The van der Waals surface area contributed by atoms with E-state index >= 15 is 0 Å². The monoisotopic (exact) mass is 210 g/mol. The van der Waals surface area contributed by atoms with Gasteiger partial charge in [0.25, 0.3) is 0 Å². The molecule has 0 aliphatic carbocycles. The molecule has 2 N–H and O–H groups in total. The number of rotatable bonds is 4. The Morgan fingerprint density at radius 1 is 1.33 bits per heavy atom. The Balaban J connectivity index is 1.69. The van der Waals surface area contributed by atoms with Crippen LogP contribution in [0.2, 0.25) is 0 Å². The van der Waals surface area contributed by atoms with E-state index in [9.17, 15) is 4.79 Å². The zero-order valence-corrected chi connectivity index (χ0v) is 9.59. The first-order valence-corrected chi connectivity index (χ1v) is 6.30. The summed E-state index contributed by atoms with van der Waals surface area (Å²) in [5.41, 5.74) is 0. The summed E-state index contributed by atoms with van der Waals surface area (Å²) in [4.78, 5) is 11.3. The van der Waals surface area contributed by atoms with Gasteiger partial charge in [-0.15, -0.1) is 0 Å². The summed E-state index contributed by atoms with van der Waals surface area (Å²) in [5, 5.41) is 6.68. The largest absolute Gasteiger partial charge is 0.356 e.